The van der Waals surface area contributed by atoms with Gasteiger partial charge in [0.1, 0.15) is 10.8 Å². The van der Waals surface area contributed by atoms with Crippen LogP contribution in [-0.2, 0) is 0 Å². The summed E-state index contributed by atoms with van der Waals surface area (Å²) in [5, 5.41) is 3.27. The van der Waals surface area contributed by atoms with E-state index in [4.69, 9.17) is 18.0 Å². The molecule has 108 valence electrons. The lowest BCUT2D eigenvalue weighted by molar-refractivity contribution is 0.949. The van der Waals surface area contributed by atoms with Crippen molar-refractivity contribution in [3.63, 3.8) is 0 Å². The van der Waals surface area contributed by atoms with Crippen molar-refractivity contribution in [3.8, 4) is 0 Å². The van der Waals surface area contributed by atoms with E-state index in [1.807, 2.05) is 12.1 Å². The van der Waals surface area contributed by atoms with Crippen LogP contribution >= 0.6 is 12.2 Å². The predicted molar refractivity (Wildman–Crippen MR) is 91.3 cm³/mol. The quantitative estimate of drug-likeness (QED) is 0.850. The standard InChI is InChI=1S/C16H18N4S/c17-16(21)12-3-8-15(18-11-12)19-13-4-6-14(7-5-13)20-9-1-2-10-20/h3-8,11H,1-2,9-10H2,(H2,17,21)(H,18,19). The van der Waals surface area contributed by atoms with Crippen molar-refractivity contribution in [1.82, 2.24) is 4.98 Å². The van der Waals surface area contributed by atoms with E-state index >= 15 is 0 Å². The predicted octanol–water partition coefficient (Wildman–Crippen LogP) is 3.06. The first-order chi connectivity index (χ1) is 10.2. The zero-order valence-electron chi connectivity index (χ0n) is 11.7. The molecule has 1 aliphatic heterocycles. The van der Waals surface area contributed by atoms with E-state index in [2.05, 4.69) is 39.5 Å². The Morgan fingerprint density at radius 3 is 2.38 bits per heavy atom. The lowest BCUT2D eigenvalue weighted by Crippen LogP contribution is -2.17. The first kappa shape index (κ1) is 13.8. The summed E-state index contributed by atoms with van der Waals surface area (Å²) in [5.41, 5.74) is 8.65. The molecule has 0 radical (unpaired) electrons. The van der Waals surface area contributed by atoms with Crippen molar-refractivity contribution in [2.24, 2.45) is 5.73 Å². The number of anilines is 3. The Labute approximate surface area is 130 Å². The van der Waals surface area contributed by atoms with E-state index in [0.29, 0.717) is 4.99 Å². The first-order valence-corrected chi connectivity index (χ1v) is 7.51. The minimum atomic E-state index is 0.365. The van der Waals surface area contributed by atoms with Crippen LogP contribution in [0.2, 0.25) is 0 Å². The Balaban J connectivity index is 1.68. The molecular weight excluding hydrogens is 280 g/mol. The van der Waals surface area contributed by atoms with Crippen molar-refractivity contribution in [2.45, 2.75) is 12.8 Å². The van der Waals surface area contributed by atoms with Gasteiger partial charge in [-0.05, 0) is 49.2 Å². The number of nitrogens with zero attached hydrogens (tertiary/aromatic N) is 2. The largest absolute Gasteiger partial charge is 0.389 e. The highest BCUT2D eigenvalue weighted by molar-refractivity contribution is 7.80. The van der Waals surface area contributed by atoms with Crippen LogP contribution < -0.4 is 16.0 Å². The van der Waals surface area contributed by atoms with Gasteiger partial charge < -0.3 is 16.0 Å². The Bertz CT molecular complexity index is 616. The number of nitrogens with one attached hydrogen (secondary N) is 1. The molecule has 0 aliphatic carbocycles. The van der Waals surface area contributed by atoms with Crippen molar-refractivity contribution < 1.29 is 0 Å². The summed E-state index contributed by atoms with van der Waals surface area (Å²) in [6.45, 7) is 2.32. The fourth-order valence-electron chi connectivity index (χ4n) is 2.49. The molecule has 0 unspecified atom stereocenters. The smallest absolute Gasteiger partial charge is 0.130 e. The Kier molecular flexibility index (Phi) is 4.01. The summed E-state index contributed by atoms with van der Waals surface area (Å²) in [5.74, 6) is 0.781. The highest BCUT2D eigenvalue weighted by Crippen LogP contribution is 2.23. The summed E-state index contributed by atoms with van der Waals surface area (Å²) >= 11 is 4.91. The Morgan fingerprint density at radius 1 is 1.10 bits per heavy atom. The molecule has 0 atom stereocenters. The number of benzene rings is 1. The average molecular weight is 298 g/mol. The maximum atomic E-state index is 5.56. The van der Waals surface area contributed by atoms with Crippen molar-refractivity contribution >= 4 is 34.4 Å². The minimum Gasteiger partial charge on any atom is -0.389 e. The van der Waals surface area contributed by atoms with Gasteiger partial charge in [-0.2, -0.15) is 0 Å². The summed E-state index contributed by atoms with van der Waals surface area (Å²) in [6, 6.07) is 12.2. The monoisotopic (exact) mass is 298 g/mol. The molecule has 2 aromatic rings. The van der Waals surface area contributed by atoms with Crippen molar-refractivity contribution in [2.75, 3.05) is 23.3 Å². The third kappa shape index (κ3) is 3.31. The van der Waals surface area contributed by atoms with Gasteiger partial charge in [0.15, 0.2) is 0 Å². The van der Waals surface area contributed by atoms with Gasteiger partial charge in [0.2, 0.25) is 0 Å². The van der Waals surface area contributed by atoms with Crippen LogP contribution in [0.3, 0.4) is 0 Å². The minimum absolute atomic E-state index is 0.365. The first-order valence-electron chi connectivity index (χ1n) is 7.10. The lowest BCUT2D eigenvalue weighted by atomic mass is 10.2. The third-order valence-corrected chi connectivity index (χ3v) is 3.89. The van der Waals surface area contributed by atoms with Gasteiger partial charge in [-0.15, -0.1) is 0 Å². The normalized spacial score (nSPS) is 14.2. The highest BCUT2D eigenvalue weighted by Gasteiger charge is 2.11. The molecule has 0 saturated carbocycles. The molecule has 4 nitrogen and oxygen atoms in total. The second kappa shape index (κ2) is 6.10. The van der Waals surface area contributed by atoms with E-state index in [1.165, 1.54) is 18.5 Å². The number of rotatable bonds is 4. The van der Waals surface area contributed by atoms with Gasteiger partial charge in [0.05, 0.1) is 0 Å². The average Bonchev–Trinajstić information content (AvgIpc) is 3.03. The van der Waals surface area contributed by atoms with Crippen LogP contribution in [0.15, 0.2) is 42.6 Å². The molecule has 1 aromatic carbocycles. The van der Waals surface area contributed by atoms with Gasteiger partial charge in [-0.3, -0.25) is 0 Å². The molecule has 1 fully saturated rings. The summed E-state index contributed by atoms with van der Waals surface area (Å²) in [4.78, 5) is 7.09. The molecule has 1 saturated heterocycles. The number of hydrogen-bond donors (Lipinski definition) is 2. The Morgan fingerprint density at radius 2 is 1.81 bits per heavy atom. The number of pyridine rings is 1. The number of aromatic nitrogens is 1. The van der Waals surface area contributed by atoms with Crippen LogP contribution in [0.5, 0.6) is 0 Å². The van der Waals surface area contributed by atoms with E-state index in [9.17, 15) is 0 Å². The maximum Gasteiger partial charge on any atom is 0.130 e. The summed E-state index contributed by atoms with van der Waals surface area (Å²) < 4.78 is 0. The van der Waals surface area contributed by atoms with Gasteiger partial charge in [-0.25, -0.2) is 4.98 Å². The molecule has 1 aromatic heterocycles. The molecule has 0 bridgehead atoms. The number of thiocarbonyl (C=S) groups is 1. The van der Waals surface area contributed by atoms with Gasteiger partial charge >= 0.3 is 0 Å². The molecule has 1 aliphatic rings. The zero-order chi connectivity index (χ0) is 14.7. The van der Waals surface area contributed by atoms with Gasteiger partial charge in [0, 0.05) is 36.2 Å². The number of nitrogens with two attached hydrogens (primary N) is 1. The topological polar surface area (TPSA) is 54.2 Å². The fraction of sp³-hybridized carbons (Fsp3) is 0.250. The van der Waals surface area contributed by atoms with Gasteiger partial charge in [-0.1, -0.05) is 12.2 Å². The molecule has 21 heavy (non-hydrogen) atoms. The zero-order valence-corrected chi connectivity index (χ0v) is 12.6. The Hall–Kier alpha value is -2.14. The van der Waals surface area contributed by atoms with E-state index < -0.39 is 0 Å². The van der Waals surface area contributed by atoms with E-state index in [1.54, 1.807) is 6.20 Å². The molecular formula is C16H18N4S. The second-order valence-electron chi connectivity index (χ2n) is 5.16. The molecule has 0 spiro atoms. The maximum absolute atomic E-state index is 5.56. The van der Waals surface area contributed by atoms with Gasteiger partial charge in [0.25, 0.3) is 0 Å². The molecule has 3 N–H and O–H groups in total. The molecule has 0 amide bonds. The molecule has 3 rings (SSSR count). The lowest BCUT2D eigenvalue weighted by Gasteiger charge is -2.17. The van der Waals surface area contributed by atoms with Crippen LogP contribution in [0, 0.1) is 0 Å². The summed E-state index contributed by atoms with van der Waals surface area (Å²) in [6.07, 6.45) is 4.27. The summed E-state index contributed by atoms with van der Waals surface area (Å²) in [7, 11) is 0. The van der Waals surface area contributed by atoms with E-state index in [-0.39, 0.29) is 0 Å². The molecule has 5 heteroatoms. The van der Waals surface area contributed by atoms with Crippen molar-refractivity contribution in [1.29, 1.82) is 0 Å². The fourth-order valence-corrected chi connectivity index (χ4v) is 2.61. The van der Waals surface area contributed by atoms with Crippen LogP contribution in [0.4, 0.5) is 17.2 Å². The second-order valence-corrected chi connectivity index (χ2v) is 5.60. The van der Waals surface area contributed by atoms with E-state index in [0.717, 1.165) is 30.2 Å². The van der Waals surface area contributed by atoms with Crippen LogP contribution in [0.25, 0.3) is 0 Å². The van der Waals surface area contributed by atoms with Crippen LogP contribution in [0.1, 0.15) is 18.4 Å². The van der Waals surface area contributed by atoms with Crippen LogP contribution in [-0.4, -0.2) is 23.1 Å². The molecule has 2 heterocycles. The third-order valence-electron chi connectivity index (χ3n) is 3.66. The highest BCUT2D eigenvalue weighted by atomic mass is 32.1. The van der Waals surface area contributed by atoms with Crippen molar-refractivity contribution in [3.05, 3.63) is 48.2 Å². The SMILES string of the molecule is NC(=S)c1ccc(Nc2ccc(N3CCCC3)cc2)nc1. The number of hydrogen-bond acceptors (Lipinski definition) is 4.